The smallest absolute Gasteiger partial charge is 0.345 e. The molecule has 1 atom stereocenters. The fraction of sp³-hybridized carbons (Fsp3) is 0.471. The summed E-state index contributed by atoms with van der Waals surface area (Å²) < 4.78 is 5.12. The van der Waals surface area contributed by atoms with Crippen LogP contribution in [0, 0.1) is 47.9 Å². The number of ether oxygens (including phenoxy) is 1. The predicted octanol–water partition coefficient (Wildman–Crippen LogP) is 9.71. The number of methoxy groups -OCH3 is 1. The number of urea groups is 1. The van der Waals surface area contributed by atoms with E-state index in [9.17, 15) is 29.8 Å². The highest BCUT2D eigenvalue weighted by molar-refractivity contribution is 7.10. The highest BCUT2D eigenvalue weighted by atomic mass is 35.5. The van der Waals surface area contributed by atoms with Crippen molar-refractivity contribution in [3.8, 4) is 0 Å². The van der Waals surface area contributed by atoms with Gasteiger partial charge in [0.15, 0.2) is 5.69 Å². The minimum absolute atomic E-state index is 0.0109. The quantitative estimate of drug-likeness (QED) is 0.0970. The summed E-state index contributed by atoms with van der Waals surface area (Å²) in [6.07, 6.45) is 1.47. The molecule has 0 saturated heterocycles. The molecule has 288 valence electrons. The molecule has 0 saturated carbocycles. The normalized spacial score (nSPS) is 11.0. The van der Waals surface area contributed by atoms with Crippen LogP contribution in [-0.4, -0.2) is 72.7 Å². The molecule has 1 heterocycles. The SMILES string of the molecule is CCC(CC)Nc1c([N+](=O)[O-])cc(C)c(C)c1[N+](=O)[O-].COC[C@H](C)N(C(=O)CCl)c1c(C)csc1C.CON(C)C(=O)Nc1ccc(Cl)c(Cl)c1. The number of anilines is 3. The second kappa shape index (κ2) is 22.4. The number of hydrogen-bond donors (Lipinski definition) is 2. The van der Waals surface area contributed by atoms with Crippen molar-refractivity contribution in [2.75, 3.05) is 49.3 Å². The molecule has 2 N–H and O–H groups in total. The van der Waals surface area contributed by atoms with Crippen molar-refractivity contribution in [2.45, 2.75) is 73.4 Å². The van der Waals surface area contributed by atoms with Gasteiger partial charge in [0.1, 0.15) is 5.88 Å². The highest BCUT2D eigenvalue weighted by Gasteiger charge is 2.30. The van der Waals surface area contributed by atoms with E-state index < -0.39 is 15.9 Å². The zero-order chi connectivity index (χ0) is 39.9. The fourth-order valence-electron chi connectivity index (χ4n) is 4.85. The summed E-state index contributed by atoms with van der Waals surface area (Å²) in [7, 11) is 4.52. The van der Waals surface area contributed by atoms with Crippen molar-refractivity contribution in [3.63, 3.8) is 0 Å². The molecule has 0 unspecified atom stereocenters. The minimum Gasteiger partial charge on any atom is -0.383 e. The summed E-state index contributed by atoms with van der Waals surface area (Å²) >= 11 is 18.8. The number of carbonyl (C=O) groups excluding carboxylic acids is 2. The number of benzene rings is 2. The van der Waals surface area contributed by atoms with E-state index in [0.717, 1.165) is 34.0 Å². The Morgan fingerprint density at radius 1 is 0.981 bits per heavy atom. The fourth-order valence-corrected chi connectivity index (χ4v) is 6.11. The summed E-state index contributed by atoms with van der Waals surface area (Å²) in [6.45, 7) is 13.6. The van der Waals surface area contributed by atoms with E-state index in [0.29, 0.717) is 33.5 Å². The van der Waals surface area contributed by atoms with E-state index in [2.05, 4.69) is 16.0 Å². The molecule has 0 bridgehead atoms. The van der Waals surface area contributed by atoms with Crippen LogP contribution in [-0.2, 0) is 14.4 Å². The van der Waals surface area contributed by atoms with Crippen molar-refractivity contribution in [1.29, 1.82) is 0 Å². The first-order chi connectivity index (χ1) is 24.4. The Balaban J connectivity index is 0.000000394. The Labute approximate surface area is 323 Å². The Hall–Kier alpha value is -3.73. The second-order valence-electron chi connectivity index (χ2n) is 11.5. The van der Waals surface area contributed by atoms with Crippen LogP contribution in [0.4, 0.5) is 33.2 Å². The van der Waals surface area contributed by atoms with Gasteiger partial charge in [-0.05, 0) is 82.2 Å². The Kier molecular flexibility index (Phi) is 19.9. The van der Waals surface area contributed by atoms with Crippen LogP contribution in [0.25, 0.3) is 0 Å². The third kappa shape index (κ3) is 13.0. The molecular formula is C34H47Cl3N6O8S. The molecule has 2 aromatic carbocycles. The lowest BCUT2D eigenvalue weighted by atomic mass is 10.0. The molecular weight excluding hydrogens is 759 g/mol. The monoisotopic (exact) mass is 804 g/mol. The van der Waals surface area contributed by atoms with Crippen molar-refractivity contribution in [2.24, 2.45) is 0 Å². The van der Waals surface area contributed by atoms with Gasteiger partial charge in [0.25, 0.3) is 5.69 Å². The predicted molar refractivity (Wildman–Crippen MR) is 211 cm³/mol. The number of rotatable bonds is 13. The van der Waals surface area contributed by atoms with E-state index in [1.165, 1.54) is 20.2 Å². The molecule has 3 aromatic rings. The maximum Gasteiger partial charge on any atom is 0.345 e. The van der Waals surface area contributed by atoms with Crippen molar-refractivity contribution in [1.82, 2.24) is 5.06 Å². The lowest BCUT2D eigenvalue weighted by Crippen LogP contribution is -2.42. The summed E-state index contributed by atoms with van der Waals surface area (Å²) in [5, 5.41) is 31.9. The van der Waals surface area contributed by atoms with Gasteiger partial charge >= 0.3 is 11.7 Å². The average molecular weight is 806 g/mol. The van der Waals surface area contributed by atoms with Gasteiger partial charge < -0.3 is 20.3 Å². The van der Waals surface area contributed by atoms with E-state index in [1.807, 2.05) is 34.6 Å². The van der Waals surface area contributed by atoms with Crippen LogP contribution in [0.15, 0.2) is 29.6 Å². The van der Waals surface area contributed by atoms with E-state index in [4.69, 9.17) is 44.4 Å². The minimum atomic E-state index is -0.579. The third-order valence-electron chi connectivity index (χ3n) is 7.83. The molecule has 52 heavy (non-hydrogen) atoms. The highest BCUT2D eigenvalue weighted by Crippen LogP contribution is 2.39. The molecule has 3 rings (SSSR count). The maximum absolute atomic E-state index is 12.0. The summed E-state index contributed by atoms with van der Waals surface area (Å²) in [6, 6.07) is 5.75. The maximum atomic E-state index is 12.0. The molecule has 0 aliphatic rings. The van der Waals surface area contributed by atoms with Gasteiger partial charge in [-0.3, -0.25) is 29.9 Å². The lowest BCUT2D eigenvalue weighted by molar-refractivity contribution is -0.392. The number of carbonyl (C=O) groups is 2. The van der Waals surface area contributed by atoms with E-state index >= 15 is 0 Å². The van der Waals surface area contributed by atoms with Gasteiger partial charge in [-0.25, -0.2) is 9.86 Å². The molecule has 0 spiro atoms. The second-order valence-corrected chi connectivity index (χ2v) is 13.7. The summed E-state index contributed by atoms with van der Waals surface area (Å²) in [5.41, 5.74) is 3.19. The molecule has 0 radical (unpaired) electrons. The zero-order valence-corrected chi connectivity index (χ0v) is 34.1. The number of halogens is 3. The van der Waals surface area contributed by atoms with Crippen molar-refractivity contribution < 1.29 is 29.0 Å². The van der Waals surface area contributed by atoms with Gasteiger partial charge in [-0.1, -0.05) is 37.0 Å². The van der Waals surface area contributed by atoms with E-state index in [-0.39, 0.29) is 40.9 Å². The molecule has 1 aromatic heterocycles. The summed E-state index contributed by atoms with van der Waals surface area (Å²) in [5.74, 6) is -0.0937. The van der Waals surface area contributed by atoms with Crippen molar-refractivity contribution >= 4 is 86.5 Å². The third-order valence-corrected chi connectivity index (χ3v) is 9.81. The largest absolute Gasteiger partial charge is 0.383 e. The lowest BCUT2D eigenvalue weighted by Gasteiger charge is -2.29. The van der Waals surface area contributed by atoms with Gasteiger partial charge in [0.2, 0.25) is 5.91 Å². The number of hydroxylamine groups is 2. The average Bonchev–Trinajstić information content (AvgIpc) is 3.43. The number of amides is 3. The van der Waals surface area contributed by atoms with E-state index in [1.54, 1.807) is 55.4 Å². The number of hydrogen-bond acceptors (Lipinski definition) is 10. The number of nitro groups is 2. The first kappa shape index (κ1) is 46.3. The van der Waals surface area contributed by atoms with Crippen molar-refractivity contribution in [3.05, 3.63) is 81.5 Å². The van der Waals surface area contributed by atoms with Crippen LogP contribution in [0.5, 0.6) is 0 Å². The van der Waals surface area contributed by atoms with Crippen LogP contribution >= 0.6 is 46.1 Å². The first-order valence-electron chi connectivity index (χ1n) is 16.0. The van der Waals surface area contributed by atoms with Gasteiger partial charge in [-0.15, -0.1) is 22.9 Å². The molecule has 0 fully saturated rings. The van der Waals surface area contributed by atoms with Crippen LogP contribution in [0.3, 0.4) is 0 Å². The topological polar surface area (TPSA) is 169 Å². The Bertz CT molecular complexity index is 1670. The van der Waals surface area contributed by atoms with Gasteiger partial charge in [0, 0.05) is 42.4 Å². The zero-order valence-electron chi connectivity index (χ0n) is 31.0. The van der Waals surface area contributed by atoms with Crippen LogP contribution in [0.2, 0.25) is 10.0 Å². The molecule has 0 aliphatic carbocycles. The number of nitro benzene ring substituents is 2. The number of alkyl halides is 1. The van der Waals surface area contributed by atoms with Gasteiger partial charge in [0.05, 0.1) is 45.3 Å². The Morgan fingerprint density at radius 2 is 1.60 bits per heavy atom. The number of nitrogens with zero attached hydrogens (tertiary/aromatic N) is 4. The molecule has 3 amide bonds. The number of nitrogens with one attached hydrogen (secondary N) is 2. The van der Waals surface area contributed by atoms with Crippen LogP contribution in [0.1, 0.15) is 55.2 Å². The standard InChI is InChI=1S/C13H19N3O4.C12H18ClNO2S.C9H10Cl2N2O2/c1-5-10(6-2)14-12-11(15(17)18)7-8(3)9(4)13(12)16(19)20;1-8-7-17-10(3)12(8)14(11(15)5-13)9(2)6-16-4;1-13(15-2)9(14)12-6-3-4-7(10)8(11)5-6/h7,10,14H,5-6H2,1-4H3;7,9H,5-6H2,1-4H3;3-5H,1-2H3,(H,12,14)/t;9-;/m.0./s1. The molecule has 0 aliphatic heterocycles. The van der Waals surface area contributed by atoms with Crippen LogP contribution < -0.4 is 15.5 Å². The Morgan fingerprint density at radius 3 is 2.04 bits per heavy atom. The summed E-state index contributed by atoms with van der Waals surface area (Å²) in [4.78, 5) is 52.2. The molecule has 14 nitrogen and oxygen atoms in total. The molecule has 18 heteroatoms. The van der Waals surface area contributed by atoms with Gasteiger partial charge in [-0.2, -0.15) is 0 Å². The first-order valence-corrected chi connectivity index (χ1v) is 18.2. The number of aryl methyl sites for hydroxylation is 3. The number of thiophene rings is 1.